The fourth-order valence-electron chi connectivity index (χ4n) is 1.38. The van der Waals surface area contributed by atoms with Crippen molar-refractivity contribution in [3.8, 4) is 0 Å². The number of benzene rings is 1. The van der Waals surface area contributed by atoms with Gasteiger partial charge in [-0.1, -0.05) is 38.4 Å². The summed E-state index contributed by atoms with van der Waals surface area (Å²) in [5, 5.41) is 8.93. The molecular weight excluding hydrogens is 388 g/mol. The number of rotatable bonds is 4. The Morgan fingerprint density at radius 2 is 2.00 bits per heavy atom. The van der Waals surface area contributed by atoms with E-state index in [2.05, 4.69) is 38.4 Å². The fourth-order valence-corrected chi connectivity index (χ4v) is 4.33. The van der Waals surface area contributed by atoms with Gasteiger partial charge in [-0.3, -0.25) is 0 Å². The van der Waals surface area contributed by atoms with Gasteiger partial charge in [0.2, 0.25) is 0 Å². The van der Waals surface area contributed by atoms with Gasteiger partial charge in [-0.25, -0.2) is 13.2 Å². The Bertz CT molecular complexity index is 620. The number of carbonyl (C=O) groups is 1. The largest absolute Gasteiger partial charge is 0.478 e. The second kappa shape index (κ2) is 5.54. The molecule has 7 heteroatoms. The van der Waals surface area contributed by atoms with Gasteiger partial charge in [0.15, 0.2) is 9.84 Å². The Morgan fingerprint density at radius 3 is 2.44 bits per heavy atom. The lowest BCUT2D eigenvalue weighted by molar-refractivity contribution is 0.0696. The molecule has 0 saturated heterocycles. The van der Waals surface area contributed by atoms with Crippen molar-refractivity contribution in [2.45, 2.75) is 11.8 Å². The molecule has 0 aromatic heterocycles. The molecule has 0 fully saturated rings. The number of hydrogen-bond acceptors (Lipinski definition) is 3. The minimum Gasteiger partial charge on any atom is -0.478 e. The number of carboxylic acid groups (broad SMARTS) is 1. The first-order valence-electron chi connectivity index (χ1n) is 4.74. The summed E-state index contributed by atoms with van der Waals surface area (Å²) >= 11 is 6.16. The van der Waals surface area contributed by atoms with Gasteiger partial charge in [0.05, 0.1) is 16.2 Å². The lowest BCUT2D eigenvalue weighted by atomic mass is 10.1. The molecule has 0 amide bonds. The van der Waals surface area contributed by atoms with E-state index < -0.39 is 15.8 Å². The molecule has 0 saturated carbocycles. The normalized spacial score (nSPS) is 11.3. The molecular formula is C11H10Br2O4S. The van der Waals surface area contributed by atoms with Gasteiger partial charge in [-0.05, 0) is 24.6 Å². The van der Waals surface area contributed by atoms with Gasteiger partial charge < -0.3 is 5.11 Å². The lowest BCUT2D eigenvalue weighted by Gasteiger charge is -2.10. The number of halogens is 2. The zero-order valence-electron chi connectivity index (χ0n) is 9.41. The van der Waals surface area contributed by atoms with Crippen LogP contribution < -0.4 is 0 Å². The molecule has 98 valence electrons. The van der Waals surface area contributed by atoms with Crippen molar-refractivity contribution in [1.82, 2.24) is 0 Å². The Hall–Kier alpha value is -0.660. The van der Waals surface area contributed by atoms with Gasteiger partial charge in [0, 0.05) is 8.96 Å². The average molecular weight is 398 g/mol. The molecule has 0 bridgehead atoms. The highest BCUT2D eigenvalue weighted by Gasteiger charge is 2.21. The van der Waals surface area contributed by atoms with Crippen LogP contribution >= 0.6 is 31.9 Å². The predicted octanol–water partition coefficient (Wildman–Crippen LogP) is 3.14. The molecule has 0 heterocycles. The fraction of sp³-hybridized carbons (Fsp3) is 0.182. The van der Waals surface area contributed by atoms with E-state index in [-0.39, 0.29) is 16.2 Å². The van der Waals surface area contributed by atoms with Crippen LogP contribution in [0.3, 0.4) is 0 Å². The van der Waals surface area contributed by atoms with E-state index in [0.29, 0.717) is 14.5 Å². The maximum atomic E-state index is 12.1. The van der Waals surface area contributed by atoms with Crippen LogP contribution in [0.25, 0.3) is 0 Å². The van der Waals surface area contributed by atoms with E-state index in [1.54, 1.807) is 6.92 Å². The zero-order chi connectivity index (χ0) is 14.1. The minimum atomic E-state index is -3.61. The molecule has 0 aliphatic rings. The average Bonchev–Trinajstić information content (AvgIpc) is 2.19. The van der Waals surface area contributed by atoms with Gasteiger partial charge >= 0.3 is 5.97 Å². The SMILES string of the molecule is C=C(Br)CS(=O)(=O)c1cc(C(=O)O)cc(Br)c1C. The van der Waals surface area contributed by atoms with Gasteiger partial charge in [0.1, 0.15) is 0 Å². The number of carboxylic acids is 1. The monoisotopic (exact) mass is 396 g/mol. The van der Waals surface area contributed by atoms with Crippen LogP contribution in [0, 0.1) is 6.92 Å². The quantitative estimate of drug-likeness (QED) is 0.846. The maximum Gasteiger partial charge on any atom is 0.335 e. The molecule has 1 N–H and O–H groups in total. The third-order valence-electron chi connectivity index (χ3n) is 2.23. The summed E-state index contributed by atoms with van der Waals surface area (Å²) < 4.78 is 24.9. The number of hydrogen-bond donors (Lipinski definition) is 1. The number of sulfone groups is 1. The van der Waals surface area contributed by atoms with Crippen molar-refractivity contribution >= 4 is 47.7 Å². The minimum absolute atomic E-state index is 0.00475. The third-order valence-corrected chi connectivity index (χ3v) is 5.52. The molecule has 0 aliphatic heterocycles. The van der Waals surface area contributed by atoms with E-state index in [4.69, 9.17) is 5.11 Å². The maximum absolute atomic E-state index is 12.1. The standard InChI is InChI=1S/C11H10Br2O4S/c1-6(12)5-18(16,17)10-4-8(11(14)15)3-9(13)7(10)2/h3-4H,1,5H2,2H3,(H,14,15). The van der Waals surface area contributed by atoms with Crippen molar-refractivity contribution < 1.29 is 18.3 Å². The van der Waals surface area contributed by atoms with Crippen molar-refractivity contribution in [1.29, 1.82) is 0 Å². The summed E-state index contributed by atoms with van der Waals surface area (Å²) in [6, 6.07) is 2.54. The summed E-state index contributed by atoms with van der Waals surface area (Å²) in [6.07, 6.45) is 0. The van der Waals surface area contributed by atoms with Crippen LogP contribution in [0.4, 0.5) is 0 Å². The van der Waals surface area contributed by atoms with Crippen LogP contribution in [-0.4, -0.2) is 25.2 Å². The first-order valence-corrected chi connectivity index (χ1v) is 7.98. The topological polar surface area (TPSA) is 71.4 Å². The highest BCUT2D eigenvalue weighted by molar-refractivity contribution is 9.11. The highest BCUT2D eigenvalue weighted by Crippen LogP contribution is 2.27. The van der Waals surface area contributed by atoms with E-state index >= 15 is 0 Å². The third kappa shape index (κ3) is 3.43. The van der Waals surface area contributed by atoms with Crippen molar-refractivity contribution in [2.75, 3.05) is 5.75 Å². The molecule has 4 nitrogen and oxygen atoms in total. The summed E-state index contributed by atoms with van der Waals surface area (Å²) in [4.78, 5) is 10.9. The van der Waals surface area contributed by atoms with E-state index in [1.807, 2.05) is 0 Å². The van der Waals surface area contributed by atoms with Gasteiger partial charge in [-0.15, -0.1) is 0 Å². The summed E-state index contributed by atoms with van der Waals surface area (Å²) in [6.45, 7) is 5.10. The molecule has 1 aromatic rings. The number of aromatic carboxylic acids is 1. The Kier molecular flexibility index (Phi) is 4.74. The second-order valence-electron chi connectivity index (χ2n) is 3.66. The molecule has 1 aromatic carbocycles. The molecule has 0 aliphatic carbocycles. The smallest absolute Gasteiger partial charge is 0.335 e. The Balaban J connectivity index is 3.49. The predicted molar refractivity (Wildman–Crippen MR) is 76.0 cm³/mol. The highest BCUT2D eigenvalue weighted by atomic mass is 79.9. The molecule has 0 radical (unpaired) electrons. The van der Waals surface area contributed by atoms with Crippen molar-refractivity contribution in [3.05, 3.63) is 38.8 Å². The van der Waals surface area contributed by atoms with Crippen LogP contribution in [0.5, 0.6) is 0 Å². The van der Waals surface area contributed by atoms with Gasteiger partial charge in [-0.2, -0.15) is 0 Å². The van der Waals surface area contributed by atoms with Crippen LogP contribution in [0.15, 0.2) is 32.6 Å². The summed E-state index contributed by atoms with van der Waals surface area (Å²) in [7, 11) is -3.61. The Morgan fingerprint density at radius 1 is 1.44 bits per heavy atom. The molecule has 18 heavy (non-hydrogen) atoms. The van der Waals surface area contributed by atoms with Crippen LogP contribution in [0.1, 0.15) is 15.9 Å². The summed E-state index contributed by atoms with van der Waals surface area (Å²) in [5.41, 5.74) is 0.403. The van der Waals surface area contributed by atoms with Crippen molar-refractivity contribution in [3.63, 3.8) is 0 Å². The molecule has 0 spiro atoms. The van der Waals surface area contributed by atoms with E-state index in [9.17, 15) is 13.2 Å². The summed E-state index contributed by atoms with van der Waals surface area (Å²) in [5.74, 6) is -1.45. The van der Waals surface area contributed by atoms with E-state index in [0.717, 1.165) is 6.07 Å². The zero-order valence-corrected chi connectivity index (χ0v) is 13.4. The second-order valence-corrected chi connectivity index (χ2v) is 7.60. The van der Waals surface area contributed by atoms with Crippen LogP contribution in [-0.2, 0) is 9.84 Å². The van der Waals surface area contributed by atoms with E-state index in [1.165, 1.54) is 6.07 Å². The van der Waals surface area contributed by atoms with Crippen LogP contribution in [0.2, 0.25) is 0 Å². The van der Waals surface area contributed by atoms with Gasteiger partial charge in [0.25, 0.3) is 0 Å². The molecule has 1 rings (SSSR count). The lowest BCUT2D eigenvalue weighted by Crippen LogP contribution is -2.10. The molecule has 0 atom stereocenters. The first-order chi connectivity index (χ1) is 8.15. The van der Waals surface area contributed by atoms with Crippen molar-refractivity contribution in [2.24, 2.45) is 0 Å². The Labute approximate surface area is 122 Å². The first kappa shape index (κ1) is 15.4. The molecule has 0 unspecified atom stereocenters.